The quantitative estimate of drug-likeness (QED) is 0.279. The van der Waals surface area contributed by atoms with Gasteiger partial charge in [0.2, 0.25) is 0 Å². The summed E-state index contributed by atoms with van der Waals surface area (Å²) in [5.41, 5.74) is 2.61. The lowest BCUT2D eigenvalue weighted by Crippen LogP contribution is -2.13. The fourth-order valence-corrected chi connectivity index (χ4v) is 3.55. The van der Waals surface area contributed by atoms with Crippen molar-refractivity contribution in [1.29, 1.82) is 0 Å². The Morgan fingerprint density at radius 1 is 0.774 bits per heavy atom. The Morgan fingerprint density at radius 3 is 1.97 bits per heavy atom. The van der Waals surface area contributed by atoms with Gasteiger partial charge < -0.3 is 9.15 Å². The molecule has 154 valence electrons. The second kappa shape index (κ2) is 9.26. The lowest BCUT2D eigenvalue weighted by molar-refractivity contribution is 0.0524. The van der Waals surface area contributed by atoms with Crippen LogP contribution < -0.4 is 0 Å². The molecule has 0 aliphatic carbocycles. The maximum absolute atomic E-state index is 13.6. The summed E-state index contributed by atoms with van der Waals surface area (Å²) in [6, 6.07) is 28.0. The smallest absolute Gasteiger partial charge is 0.342 e. The SMILES string of the molecule is CCOC(=O)c1c(-c2ccccc2)oc(Cc2ccccc2)c1C(=O)c1ccccc1. The Balaban J connectivity index is 1.94. The predicted octanol–water partition coefficient (Wildman–Crippen LogP) is 5.95. The number of esters is 1. The highest BCUT2D eigenvalue weighted by molar-refractivity contribution is 6.17. The molecule has 31 heavy (non-hydrogen) atoms. The van der Waals surface area contributed by atoms with Crippen LogP contribution in [0.25, 0.3) is 11.3 Å². The van der Waals surface area contributed by atoms with Crippen LogP contribution in [-0.4, -0.2) is 18.4 Å². The standard InChI is InChI=1S/C27H22O4/c1-2-30-27(29)24-23(25(28)20-14-8-4-9-15-20)22(18-19-12-6-3-7-13-19)31-26(24)21-16-10-5-11-17-21/h3-17H,2,18H2,1H3. The van der Waals surface area contributed by atoms with E-state index in [0.717, 1.165) is 5.56 Å². The number of benzene rings is 3. The molecule has 0 saturated heterocycles. The van der Waals surface area contributed by atoms with Crippen molar-refractivity contribution in [3.63, 3.8) is 0 Å². The van der Waals surface area contributed by atoms with Crippen LogP contribution in [0.3, 0.4) is 0 Å². The summed E-state index contributed by atoms with van der Waals surface area (Å²) in [7, 11) is 0. The molecule has 0 unspecified atom stereocenters. The maximum atomic E-state index is 13.6. The minimum atomic E-state index is -0.566. The van der Waals surface area contributed by atoms with Gasteiger partial charge >= 0.3 is 5.97 Å². The number of ketones is 1. The zero-order chi connectivity index (χ0) is 21.6. The van der Waals surface area contributed by atoms with Crippen LogP contribution in [0.1, 0.15) is 44.5 Å². The lowest BCUT2D eigenvalue weighted by Gasteiger charge is -2.07. The molecule has 1 aromatic heterocycles. The summed E-state index contributed by atoms with van der Waals surface area (Å²) in [6.45, 7) is 1.94. The molecule has 4 nitrogen and oxygen atoms in total. The molecule has 4 aromatic rings. The summed E-state index contributed by atoms with van der Waals surface area (Å²) in [5.74, 6) is -0.0320. The fraction of sp³-hybridized carbons (Fsp3) is 0.111. The van der Waals surface area contributed by atoms with E-state index in [0.29, 0.717) is 29.1 Å². The fourth-order valence-electron chi connectivity index (χ4n) is 3.55. The summed E-state index contributed by atoms with van der Waals surface area (Å²) < 4.78 is 11.6. The second-order valence-corrected chi connectivity index (χ2v) is 7.05. The summed E-state index contributed by atoms with van der Waals surface area (Å²) in [6.07, 6.45) is 0.383. The second-order valence-electron chi connectivity index (χ2n) is 7.05. The average molecular weight is 410 g/mol. The van der Waals surface area contributed by atoms with Crippen LogP contribution in [0.5, 0.6) is 0 Å². The van der Waals surface area contributed by atoms with E-state index in [9.17, 15) is 9.59 Å². The van der Waals surface area contributed by atoms with Crippen molar-refractivity contribution in [2.24, 2.45) is 0 Å². The number of hydrogen-bond donors (Lipinski definition) is 0. The highest BCUT2D eigenvalue weighted by Crippen LogP contribution is 2.35. The van der Waals surface area contributed by atoms with E-state index < -0.39 is 5.97 Å². The number of rotatable bonds is 7. The van der Waals surface area contributed by atoms with Gasteiger partial charge in [0.1, 0.15) is 17.1 Å². The molecule has 0 atom stereocenters. The zero-order valence-electron chi connectivity index (χ0n) is 17.2. The number of furan rings is 1. The van der Waals surface area contributed by atoms with E-state index in [4.69, 9.17) is 9.15 Å². The number of carbonyl (C=O) groups excluding carboxylic acids is 2. The van der Waals surface area contributed by atoms with Gasteiger partial charge in [-0.1, -0.05) is 91.0 Å². The summed E-state index contributed by atoms with van der Waals surface area (Å²) in [4.78, 5) is 26.6. The van der Waals surface area contributed by atoms with Gasteiger partial charge in [0.25, 0.3) is 0 Å². The van der Waals surface area contributed by atoms with Crippen molar-refractivity contribution in [3.8, 4) is 11.3 Å². The molecule has 3 aromatic carbocycles. The molecule has 0 amide bonds. The van der Waals surface area contributed by atoms with Crippen molar-refractivity contribution in [1.82, 2.24) is 0 Å². The highest BCUT2D eigenvalue weighted by atomic mass is 16.5. The molecule has 0 aliphatic heterocycles. The molecule has 4 rings (SSSR count). The molecule has 0 fully saturated rings. The first-order chi connectivity index (χ1) is 15.2. The van der Waals surface area contributed by atoms with Crippen molar-refractivity contribution < 1.29 is 18.7 Å². The zero-order valence-corrected chi connectivity index (χ0v) is 17.2. The van der Waals surface area contributed by atoms with Gasteiger partial charge in [-0.15, -0.1) is 0 Å². The van der Waals surface area contributed by atoms with Crippen LogP contribution in [-0.2, 0) is 11.2 Å². The number of hydrogen-bond acceptors (Lipinski definition) is 4. The molecule has 1 heterocycles. The monoisotopic (exact) mass is 410 g/mol. The first-order valence-electron chi connectivity index (χ1n) is 10.2. The maximum Gasteiger partial charge on any atom is 0.342 e. The largest absolute Gasteiger partial charge is 0.462 e. The van der Waals surface area contributed by atoms with E-state index in [2.05, 4.69) is 0 Å². The van der Waals surface area contributed by atoms with Crippen LogP contribution in [0.2, 0.25) is 0 Å². The van der Waals surface area contributed by atoms with Crippen molar-refractivity contribution in [3.05, 3.63) is 119 Å². The van der Waals surface area contributed by atoms with Gasteiger partial charge in [0.15, 0.2) is 5.78 Å². The third-order valence-electron chi connectivity index (χ3n) is 4.97. The first kappa shape index (κ1) is 20.4. The highest BCUT2D eigenvalue weighted by Gasteiger charge is 2.32. The Morgan fingerprint density at radius 2 is 1.35 bits per heavy atom. The molecular formula is C27H22O4. The van der Waals surface area contributed by atoms with Gasteiger partial charge in [-0.05, 0) is 12.5 Å². The van der Waals surface area contributed by atoms with Gasteiger partial charge in [0.05, 0.1) is 12.2 Å². The van der Waals surface area contributed by atoms with E-state index in [1.807, 2.05) is 66.7 Å². The summed E-state index contributed by atoms with van der Waals surface area (Å²) in [5, 5.41) is 0. The Labute approximate surface area is 181 Å². The number of ether oxygens (including phenoxy) is 1. The van der Waals surface area contributed by atoms with Crippen LogP contribution in [0, 0.1) is 0 Å². The third kappa shape index (κ3) is 4.33. The Hall–Kier alpha value is -3.92. The Kier molecular flexibility index (Phi) is 6.08. The lowest BCUT2D eigenvalue weighted by atomic mass is 9.95. The topological polar surface area (TPSA) is 56.5 Å². The van der Waals surface area contributed by atoms with E-state index in [-0.39, 0.29) is 23.5 Å². The van der Waals surface area contributed by atoms with Crippen LogP contribution in [0.4, 0.5) is 0 Å². The van der Waals surface area contributed by atoms with Gasteiger partial charge in [-0.2, -0.15) is 0 Å². The third-order valence-corrected chi connectivity index (χ3v) is 4.97. The molecule has 0 bridgehead atoms. The van der Waals surface area contributed by atoms with Crippen LogP contribution >= 0.6 is 0 Å². The van der Waals surface area contributed by atoms with Crippen molar-refractivity contribution in [2.75, 3.05) is 6.61 Å². The molecule has 4 heteroatoms. The molecule has 0 N–H and O–H groups in total. The van der Waals surface area contributed by atoms with E-state index in [1.165, 1.54) is 0 Å². The number of carbonyl (C=O) groups is 2. The van der Waals surface area contributed by atoms with Crippen LogP contribution in [0.15, 0.2) is 95.4 Å². The van der Waals surface area contributed by atoms with E-state index >= 15 is 0 Å². The molecule has 0 aliphatic rings. The molecule has 0 saturated carbocycles. The van der Waals surface area contributed by atoms with E-state index in [1.54, 1.807) is 31.2 Å². The molecular weight excluding hydrogens is 388 g/mol. The first-order valence-corrected chi connectivity index (χ1v) is 10.2. The van der Waals surface area contributed by atoms with Gasteiger partial charge in [-0.3, -0.25) is 4.79 Å². The minimum Gasteiger partial charge on any atom is -0.462 e. The Bertz CT molecular complexity index is 1180. The normalized spacial score (nSPS) is 10.6. The summed E-state index contributed by atoms with van der Waals surface area (Å²) >= 11 is 0. The average Bonchev–Trinajstić information content (AvgIpc) is 3.19. The predicted molar refractivity (Wildman–Crippen MR) is 119 cm³/mol. The molecule has 0 spiro atoms. The van der Waals surface area contributed by atoms with Crippen molar-refractivity contribution in [2.45, 2.75) is 13.3 Å². The van der Waals surface area contributed by atoms with Gasteiger partial charge in [0, 0.05) is 17.5 Å². The van der Waals surface area contributed by atoms with Gasteiger partial charge in [-0.25, -0.2) is 4.79 Å². The van der Waals surface area contributed by atoms with Crippen molar-refractivity contribution >= 4 is 11.8 Å². The minimum absolute atomic E-state index is 0.174. The molecule has 0 radical (unpaired) electrons.